The van der Waals surface area contributed by atoms with Crippen molar-refractivity contribution < 1.29 is 14.9 Å². The molecule has 2 amide bonds. The Kier molecular flexibility index (Phi) is 5.91. The number of nitrogens with zero attached hydrogens (tertiary/aromatic N) is 1. The van der Waals surface area contributed by atoms with Gasteiger partial charge in [-0.25, -0.2) is 0 Å². The van der Waals surface area contributed by atoms with Gasteiger partial charge < -0.3 is 15.5 Å². The molecule has 6 heteroatoms. The van der Waals surface area contributed by atoms with Gasteiger partial charge in [-0.1, -0.05) is 29.8 Å². The Bertz CT molecular complexity index is 792. The second kappa shape index (κ2) is 8.34. The van der Waals surface area contributed by atoms with Gasteiger partial charge in [-0.3, -0.25) is 9.59 Å². The molecule has 136 valence electrons. The number of carbonyl (C=O) groups is 2. The van der Waals surface area contributed by atoms with Crippen LogP contribution in [0.25, 0.3) is 0 Å². The fraction of sp³-hybridized carbons (Fsp3) is 0.300. The molecule has 5 nitrogen and oxygen atoms in total. The summed E-state index contributed by atoms with van der Waals surface area (Å²) in [6.07, 6.45) is 1.51. The van der Waals surface area contributed by atoms with E-state index in [2.05, 4.69) is 5.32 Å². The first-order valence-electron chi connectivity index (χ1n) is 8.82. The fourth-order valence-corrected chi connectivity index (χ4v) is 3.42. The van der Waals surface area contributed by atoms with Gasteiger partial charge in [-0.15, -0.1) is 0 Å². The van der Waals surface area contributed by atoms with Crippen molar-refractivity contribution in [2.24, 2.45) is 0 Å². The number of nitrogens with one attached hydrogen (secondary N) is 1. The van der Waals surface area contributed by atoms with Gasteiger partial charge in [0.05, 0.1) is 0 Å². The minimum Gasteiger partial charge on any atom is -0.332 e. The van der Waals surface area contributed by atoms with E-state index in [1.165, 1.54) is 0 Å². The zero-order chi connectivity index (χ0) is 18.5. The zero-order valence-electron chi connectivity index (χ0n) is 14.7. The molecule has 0 unspecified atom stereocenters. The summed E-state index contributed by atoms with van der Waals surface area (Å²) in [5.41, 5.74) is 2.62. The van der Waals surface area contributed by atoms with Crippen LogP contribution in [-0.4, -0.2) is 24.9 Å². The van der Waals surface area contributed by atoms with Crippen molar-refractivity contribution in [3.8, 4) is 0 Å². The maximum absolute atomic E-state index is 12.2. The number of amides is 2. The summed E-state index contributed by atoms with van der Waals surface area (Å²) in [4.78, 5) is 25.7. The zero-order valence-corrected chi connectivity index (χ0v) is 15.5. The molecule has 2 aromatic carbocycles. The smallest absolute Gasteiger partial charge is 0.279 e. The van der Waals surface area contributed by atoms with Crippen molar-refractivity contribution in [2.75, 3.05) is 23.3 Å². The normalized spacial score (nSPS) is 15.2. The fourth-order valence-electron chi connectivity index (χ4n) is 3.11. The molecular formula is C20H23ClN3O2+. The lowest BCUT2D eigenvalue weighted by molar-refractivity contribution is -0.682. The van der Waals surface area contributed by atoms with E-state index < -0.39 is 0 Å². The SMILES string of the molecule is C[C@H]([NH2+]CC(=O)Nc1ccc(N2CCCC2=O)cc1)c1ccccc1Cl. The topological polar surface area (TPSA) is 66.0 Å². The van der Waals surface area contributed by atoms with Crippen LogP contribution in [0.4, 0.5) is 11.4 Å². The first kappa shape index (κ1) is 18.4. The molecule has 2 aromatic rings. The van der Waals surface area contributed by atoms with E-state index in [0.29, 0.717) is 18.0 Å². The van der Waals surface area contributed by atoms with Crippen molar-refractivity contribution in [1.82, 2.24) is 0 Å². The highest BCUT2D eigenvalue weighted by Gasteiger charge is 2.21. The summed E-state index contributed by atoms with van der Waals surface area (Å²) < 4.78 is 0. The number of quaternary nitrogens is 1. The molecule has 0 radical (unpaired) electrons. The molecule has 3 N–H and O–H groups in total. The minimum absolute atomic E-state index is 0.0751. The Balaban J connectivity index is 1.52. The van der Waals surface area contributed by atoms with E-state index >= 15 is 0 Å². The molecule has 0 saturated carbocycles. The summed E-state index contributed by atoms with van der Waals surface area (Å²) in [6.45, 7) is 3.09. The molecule has 0 bridgehead atoms. The number of halogens is 1. The Morgan fingerprint density at radius 3 is 2.62 bits per heavy atom. The van der Waals surface area contributed by atoms with Crippen molar-refractivity contribution in [1.29, 1.82) is 0 Å². The van der Waals surface area contributed by atoms with Crippen molar-refractivity contribution in [3.63, 3.8) is 0 Å². The number of benzene rings is 2. The van der Waals surface area contributed by atoms with Gasteiger partial charge in [-0.2, -0.15) is 0 Å². The highest BCUT2D eigenvalue weighted by molar-refractivity contribution is 6.31. The van der Waals surface area contributed by atoms with Gasteiger partial charge >= 0.3 is 0 Å². The quantitative estimate of drug-likeness (QED) is 0.818. The molecule has 1 fully saturated rings. The maximum atomic E-state index is 12.2. The van der Waals surface area contributed by atoms with E-state index in [0.717, 1.165) is 29.9 Å². The Morgan fingerprint density at radius 1 is 1.23 bits per heavy atom. The van der Waals surface area contributed by atoms with Crippen LogP contribution in [0.1, 0.15) is 31.4 Å². The largest absolute Gasteiger partial charge is 0.332 e. The number of nitrogens with two attached hydrogens (primary N) is 1. The summed E-state index contributed by atoms with van der Waals surface area (Å²) in [5.74, 6) is 0.0823. The second-order valence-corrected chi connectivity index (χ2v) is 6.90. The van der Waals surface area contributed by atoms with Crippen molar-refractivity contribution in [3.05, 3.63) is 59.1 Å². The third kappa shape index (κ3) is 4.42. The van der Waals surface area contributed by atoms with Crippen molar-refractivity contribution >= 4 is 34.8 Å². The predicted molar refractivity (Wildman–Crippen MR) is 103 cm³/mol. The average Bonchev–Trinajstić information content (AvgIpc) is 3.07. The number of hydrogen-bond acceptors (Lipinski definition) is 2. The Hall–Kier alpha value is -2.37. The van der Waals surface area contributed by atoms with Crippen LogP contribution in [0.3, 0.4) is 0 Å². The van der Waals surface area contributed by atoms with Crippen LogP contribution in [0.5, 0.6) is 0 Å². The lowest BCUT2D eigenvalue weighted by Gasteiger charge is -2.16. The third-order valence-corrected chi connectivity index (χ3v) is 4.93. The van der Waals surface area contributed by atoms with Gasteiger partial charge in [0.15, 0.2) is 6.54 Å². The first-order valence-corrected chi connectivity index (χ1v) is 9.20. The lowest BCUT2D eigenvalue weighted by atomic mass is 10.1. The first-order chi connectivity index (χ1) is 12.5. The van der Waals surface area contributed by atoms with Gasteiger partial charge in [0.2, 0.25) is 5.91 Å². The highest BCUT2D eigenvalue weighted by Crippen LogP contribution is 2.23. The lowest BCUT2D eigenvalue weighted by Crippen LogP contribution is -2.86. The Morgan fingerprint density at radius 2 is 1.96 bits per heavy atom. The average molecular weight is 373 g/mol. The summed E-state index contributed by atoms with van der Waals surface area (Å²) in [5, 5.41) is 5.55. The molecular weight excluding hydrogens is 350 g/mol. The molecule has 3 rings (SSSR count). The molecule has 1 heterocycles. The van der Waals surface area contributed by atoms with Crippen LogP contribution in [0, 0.1) is 0 Å². The molecule has 1 atom stereocenters. The number of carbonyl (C=O) groups excluding carboxylic acids is 2. The van der Waals surface area contributed by atoms with Crippen LogP contribution in [0.15, 0.2) is 48.5 Å². The molecule has 1 aliphatic heterocycles. The van der Waals surface area contributed by atoms with Crippen LogP contribution >= 0.6 is 11.6 Å². The number of rotatable bonds is 6. The molecule has 1 aliphatic rings. The molecule has 1 saturated heterocycles. The maximum Gasteiger partial charge on any atom is 0.279 e. The predicted octanol–water partition coefficient (Wildman–Crippen LogP) is 2.73. The van der Waals surface area contributed by atoms with Crippen molar-refractivity contribution in [2.45, 2.75) is 25.8 Å². The monoisotopic (exact) mass is 372 g/mol. The molecule has 0 aliphatic carbocycles. The second-order valence-electron chi connectivity index (χ2n) is 6.49. The summed E-state index contributed by atoms with van der Waals surface area (Å²) in [7, 11) is 0. The number of anilines is 2. The molecule has 0 aromatic heterocycles. The van der Waals surface area contributed by atoms with Crippen LogP contribution < -0.4 is 15.5 Å². The van der Waals surface area contributed by atoms with E-state index in [1.54, 1.807) is 4.90 Å². The third-order valence-electron chi connectivity index (χ3n) is 4.59. The van der Waals surface area contributed by atoms with Gasteiger partial charge in [-0.05, 0) is 43.7 Å². The summed E-state index contributed by atoms with van der Waals surface area (Å²) in [6, 6.07) is 15.2. The molecule has 0 spiro atoms. The summed E-state index contributed by atoms with van der Waals surface area (Å²) >= 11 is 6.19. The molecule has 26 heavy (non-hydrogen) atoms. The van der Waals surface area contributed by atoms with Gasteiger partial charge in [0.25, 0.3) is 5.91 Å². The minimum atomic E-state index is -0.0751. The van der Waals surface area contributed by atoms with Gasteiger partial charge in [0, 0.05) is 34.9 Å². The standard InChI is InChI=1S/C20H22ClN3O2/c1-14(17-5-2-3-6-18(17)21)22-13-19(25)23-15-8-10-16(11-9-15)24-12-4-7-20(24)26/h2-3,5-6,8-11,14,22H,4,7,12-13H2,1H3,(H,23,25)/p+1/t14-/m0/s1. The van der Waals surface area contributed by atoms with E-state index in [9.17, 15) is 9.59 Å². The van der Waals surface area contributed by atoms with Crippen LogP contribution in [-0.2, 0) is 9.59 Å². The number of hydrogen-bond donors (Lipinski definition) is 2. The van der Waals surface area contributed by atoms with E-state index in [-0.39, 0.29) is 17.9 Å². The van der Waals surface area contributed by atoms with E-state index in [1.807, 2.05) is 60.8 Å². The highest BCUT2D eigenvalue weighted by atomic mass is 35.5. The van der Waals surface area contributed by atoms with E-state index in [4.69, 9.17) is 11.6 Å². The van der Waals surface area contributed by atoms with Gasteiger partial charge in [0.1, 0.15) is 6.04 Å². The Labute approximate surface area is 158 Å². The van der Waals surface area contributed by atoms with Crippen LogP contribution in [0.2, 0.25) is 5.02 Å².